The summed E-state index contributed by atoms with van der Waals surface area (Å²) >= 11 is 0. The molecule has 0 aromatic rings. The van der Waals surface area contributed by atoms with Crippen LogP contribution in [0.4, 0.5) is 0 Å². The molecule has 5 unspecified atom stereocenters. The summed E-state index contributed by atoms with van der Waals surface area (Å²) in [4.78, 5) is 22.4. The van der Waals surface area contributed by atoms with E-state index in [0.717, 1.165) is 25.7 Å². The largest absolute Gasteiger partial charge is 0.466 e. The van der Waals surface area contributed by atoms with Crippen LogP contribution in [0.1, 0.15) is 79.6 Å². The first-order chi connectivity index (χ1) is 13.6. The molecule has 1 saturated carbocycles. The number of carbonyl (C=O) groups is 2. The first kappa shape index (κ1) is 23.9. The monoisotopic (exact) mass is 408 g/mol. The minimum atomic E-state index is -0.273. The second kappa shape index (κ2) is 10.1. The maximum absolute atomic E-state index is 11.3. The molecule has 0 heterocycles. The molecule has 0 radical (unpaired) electrons. The molecule has 166 valence electrons. The van der Waals surface area contributed by atoms with Crippen molar-refractivity contribution in [1.82, 2.24) is 0 Å². The van der Waals surface area contributed by atoms with E-state index in [1.165, 1.54) is 32.3 Å². The van der Waals surface area contributed by atoms with E-state index in [9.17, 15) is 14.7 Å². The van der Waals surface area contributed by atoms with Crippen LogP contribution in [-0.4, -0.2) is 36.9 Å². The lowest BCUT2D eigenvalue weighted by Gasteiger charge is -2.58. The zero-order valence-electron chi connectivity index (χ0n) is 19.0. The number of fused-ring (bicyclic) bond motifs is 1. The van der Waals surface area contributed by atoms with Crippen LogP contribution >= 0.6 is 0 Å². The number of ether oxygens (including phenoxy) is 2. The van der Waals surface area contributed by atoms with Crippen LogP contribution in [0.15, 0.2) is 11.6 Å². The van der Waals surface area contributed by atoms with Gasteiger partial charge in [-0.15, -0.1) is 0 Å². The number of hydrogen-bond donors (Lipinski definition) is 1. The van der Waals surface area contributed by atoms with E-state index in [1.807, 2.05) is 0 Å². The van der Waals surface area contributed by atoms with Crippen molar-refractivity contribution in [2.45, 2.75) is 79.6 Å². The Balaban J connectivity index is 2.11. The maximum Gasteiger partial charge on any atom is 0.302 e. The highest BCUT2D eigenvalue weighted by Crippen LogP contribution is 2.61. The molecular formula is C24H40O5. The van der Waals surface area contributed by atoms with Crippen LogP contribution in [0, 0.1) is 28.6 Å². The highest BCUT2D eigenvalue weighted by atomic mass is 16.5. The normalized spacial score (nSPS) is 32.7. The number of esters is 2. The van der Waals surface area contributed by atoms with Gasteiger partial charge in [0.25, 0.3) is 0 Å². The molecule has 0 aliphatic heterocycles. The summed E-state index contributed by atoms with van der Waals surface area (Å²) in [6.45, 7) is 10.9. The van der Waals surface area contributed by atoms with Crippen molar-refractivity contribution in [3.63, 3.8) is 0 Å². The Kier molecular flexibility index (Phi) is 8.33. The van der Waals surface area contributed by atoms with Crippen LogP contribution in [0.25, 0.3) is 0 Å². The topological polar surface area (TPSA) is 72.8 Å². The fraction of sp³-hybridized carbons (Fsp3) is 0.833. The van der Waals surface area contributed by atoms with E-state index in [0.29, 0.717) is 31.5 Å². The quantitative estimate of drug-likeness (QED) is 0.443. The van der Waals surface area contributed by atoms with Gasteiger partial charge in [0.1, 0.15) is 0 Å². The van der Waals surface area contributed by atoms with E-state index >= 15 is 0 Å². The van der Waals surface area contributed by atoms with Gasteiger partial charge >= 0.3 is 11.9 Å². The second-order valence-corrected chi connectivity index (χ2v) is 9.72. The lowest BCUT2D eigenvalue weighted by Crippen LogP contribution is -2.50. The third kappa shape index (κ3) is 5.62. The van der Waals surface area contributed by atoms with E-state index in [2.05, 4.69) is 26.8 Å². The van der Waals surface area contributed by atoms with Gasteiger partial charge in [-0.1, -0.05) is 26.8 Å². The van der Waals surface area contributed by atoms with Crippen LogP contribution in [0.3, 0.4) is 0 Å². The third-order valence-electron chi connectivity index (χ3n) is 7.98. The molecule has 1 fully saturated rings. The van der Waals surface area contributed by atoms with E-state index < -0.39 is 0 Å². The van der Waals surface area contributed by atoms with Crippen LogP contribution < -0.4 is 0 Å². The Bertz CT molecular complexity index is 612. The van der Waals surface area contributed by atoms with Gasteiger partial charge in [0.05, 0.1) is 19.8 Å². The van der Waals surface area contributed by atoms with Gasteiger partial charge < -0.3 is 14.6 Å². The average Bonchev–Trinajstić information content (AvgIpc) is 2.66. The summed E-state index contributed by atoms with van der Waals surface area (Å²) in [6, 6.07) is 0. The van der Waals surface area contributed by atoms with Crippen molar-refractivity contribution in [2.24, 2.45) is 28.6 Å². The van der Waals surface area contributed by atoms with Crippen LogP contribution in [0.2, 0.25) is 0 Å². The van der Waals surface area contributed by atoms with Gasteiger partial charge in [-0.25, -0.2) is 0 Å². The molecule has 5 heteroatoms. The van der Waals surface area contributed by atoms with Gasteiger partial charge in [-0.2, -0.15) is 0 Å². The Hall–Kier alpha value is -1.36. The van der Waals surface area contributed by atoms with Gasteiger partial charge in [0.15, 0.2) is 0 Å². The molecule has 2 rings (SSSR count). The van der Waals surface area contributed by atoms with Gasteiger partial charge in [-0.05, 0) is 79.1 Å². The number of aliphatic hydroxyl groups is 1. The Morgan fingerprint density at radius 2 is 1.86 bits per heavy atom. The summed E-state index contributed by atoms with van der Waals surface area (Å²) < 4.78 is 10.4. The van der Waals surface area contributed by atoms with Crippen molar-refractivity contribution >= 4 is 11.9 Å². The molecular weight excluding hydrogens is 368 g/mol. The summed E-state index contributed by atoms with van der Waals surface area (Å²) in [6.07, 6.45) is 9.49. The highest BCUT2D eigenvalue weighted by Gasteiger charge is 2.53. The molecule has 0 aromatic carbocycles. The van der Waals surface area contributed by atoms with Crippen molar-refractivity contribution in [3.8, 4) is 0 Å². The Morgan fingerprint density at radius 3 is 2.48 bits per heavy atom. The Morgan fingerprint density at radius 1 is 1.17 bits per heavy atom. The zero-order valence-corrected chi connectivity index (χ0v) is 19.0. The molecule has 1 N–H and O–H groups in total. The second-order valence-electron chi connectivity index (χ2n) is 9.72. The van der Waals surface area contributed by atoms with Crippen molar-refractivity contribution < 1.29 is 24.2 Å². The summed E-state index contributed by atoms with van der Waals surface area (Å²) in [5.41, 5.74) is 1.48. The summed E-state index contributed by atoms with van der Waals surface area (Å²) in [5.74, 6) is 0.810. The molecule has 2 aliphatic rings. The summed E-state index contributed by atoms with van der Waals surface area (Å²) in [5, 5.41) is 9.96. The average molecular weight is 409 g/mol. The van der Waals surface area contributed by atoms with Crippen molar-refractivity contribution in [2.75, 3.05) is 19.8 Å². The molecule has 0 bridgehead atoms. The fourth-order valence-corrected chi connectivity index (χ4v) is 5.88. The number of aliphatic hydroxyl groups excluding tert-OH is 1. The lowest BCUT2D eigenvalue weighted by molar-refractivity contribution is -0.145. The standard InChI is InChI=1S/C24H40O5/c1-17-9-12-24(5)21(15-25)7-6-8-22(24)23(17,4)13-10-20(16-29-19(3)27)11-14-28-18(2)26/h7,17,20,22,25H,6,8-16H2,1-5H3. The Labute approximate surface area is 176 Å². The van der Waals surface area contributed by atoms with Crippen molar-refractivity contribution in [1.29, 1.82) is 0 Å². The van der Waals surface area contributed by atoms with Gasteiger partial charge in [0, 0.05) is 13.8 Å². The SMILES string of the molecule is CC(=O)OCCC(CCC1(C)C(C)CCC2(C)C(CO)=CCCC21)COC(C)=O. The molecule has 29 heavy (non-hydrogen) atoms. The maximum atomic E-state index is 11.3. The molecule has 0 aromatic heterocycles. The highest BCUT2D eigenvalue weighted by molar-refractivity contribution is 5.66. The number of rotatable bonds is 9. The molecule has 0 amide bonds. The van der Waals surface area contributed by atoms with E-state index in [-0.39, 0.29) is 35.3 Å². The first-order valence-corrected chi connectivity index (χ1v) is 11.2. The van der Waals surface area contributed by atoms with Gasteiger partial charge in [0.2, 0.25) is 0 Å². The van der Waals surface area contributed by atoms with Crippen LogP contribution in [0.5, 0.6) is 0 Å². The molecule has 5 nitrogen and oxygen atoms in total. The zero-order chi connectivity index (χ0) is 21.7. The molecule has 0 saturated heterocycles. The fourth-order valence-electron chi connectivity index (χ4n) is 5.88. The van der Waals surface area contributed by atoms with Gasteiger partial charge in [-0.3, -0.25) is 9.59 Å². The van der Waals surface area contributed by atoms with E-state index in [1.54, 1.807) is 0 Å². The molecule has 2 aliphatic carbocycles. The number of hydrogen-bond acceptors (Lipinski definition) is 5. The lowest BCUT2D eigenvalue weighted by atomic mass is 9.46. The predicted octanol–water partition coefficient (Wildman–Crippen LogP) is 4.67. The van der Waals surface area contributed by atoms with Crippen molar-refractivity contribution in [3.05, 3.63) is 11.6 Å². The molecule has 5 atom stereocenters. The smallest absolute Gasteiger partial charge is 0.302 e. The first-order valence-electron chi connectivity index (χ1n) is 11.2. The minimum absolute atomic E-state index is 0.0807. The minimum Gasteiger partial charge on any atom is -0.466 e. The molecule has 0 spiro atoms. The number of allylic oxidation sites excluding steroid dienone is 1. The third-order valence-corrected chi connectivity index (χ3v) is 7.98. The summed E-state index contributed by atoms with van der Waals surface area (Å²) in [7, 11) is 0. The van der Waals surface area contributed by atoms with Crippen LogP contribution in [-0.2, 0) is 19.1 Å². The number of carbonyl (C=O) groups excluding carboxylic acids is 2. The predicted molar refractivity (Wildman–Crippen MR) is 113 cm³/mol. The van der Waals surface area contributed by atoms with E-state index in [4.69, 9.17) is 9.47 Å².